The number of amides is 2. The van der Waals surface area contributed by atoms with Gasteiger partial charge in [0.2, 0.25) is 5.91 Å². The van der Waals surface area contributed by atoms with Gasteiger partial charge < -0.3 is 4.74 Å². The number of hydroxylamine groups is 1. The quantitative estimate of drug-likeness (QED) is 0.404. The van der Waals surface area contributed by atoms with E-state index < -0.39 is 47.8 Å². The maximum absolute atomic E-state index is 13.4. The number of hydrogen-bond acceptors (Lipinski definition) is 5. The number of rotatable bonds is 4. The van der Waals surface area contributed by atoms with Gasteiger partial charge in [-0.1, -0.05) is 30.3 Å². The van der Waals surface area contributed by atoms with Crippen molar-refractivity contribution in [3.63, 3.8) is 0 Å². The van der Waals surface area contributed by atoms with Gasteiger partial charge in [-0.3, -0.25) is 14.4 Å². The van der Waals surface area contributed by atoms with E-state index in [9.17, 15) is 27.2 Å². The summed E-state index contributed by atoms with van der Waals surface area (Å²) in [5.41, 5.74) is 1.22. The topological polar surface area (TPSA) is 59.1 Å². The van der Waals surface area contributed by atoms with Crippen LogP contribution in [0.2, 0.25) is 0 Å². The Bertz CT molecular complexity index is 1220. The Balaban J connectivity index is 1.53. The largest absolute Gasteiger partial charge is 0.573 e. The molecule has 174 valence electrons. The molecule has 6 nitrogen and oxygen atoms in total. The minimum absolute atomic E-state index is 0.202. The van der Waals surface area contributed by atoms with Gasteiger partial charge in [0, 0.05) is 0 Å². The highest BCUT2D eigenvalue weighted by Gasteiger charge is 2.60. The summed E-state index contributed by atoms with van der Waals surface area (Å²) in [4.78, 5) is 33.5. The van der Waals surface area contributed by atoms with Crippen molar-refractivity contribution in [3.8, 4) is 5.75 Å². The SMILES string of the molecule is O=C1[C@@H]2[C@H](ON(c3ccccc3)[C@@H]2c2ccc(OC(F)(F)F)cc2)C(=O)N1c1ccc(F)cc1. The number of carbonyl (C=O) groups excluding carboxylic acids is 2. The second-order valence-corrected chi connectivity index (χ2v) is 7.76. The maximum atomic E-state index is 13.4. The highest BCUT2D eigenvalue weighted by atomic mass is 19.4. The molecule has 2 fully saturated rings. The van der Waals surface area contributed by atoms with Crippen molar-refractivity contribution in [2.75, 3.05) is 9.96 Å². The van der Waals surface area contributed by atoms with Crippen LogP contribution in [0.4, 0.5) is 28.9 Å². The van der Waals surface area contributed by atoms with Gasteiger partial charge in [-0.15, -0.1) is 13.2 Å². The van der Waals surface area contributed by atoms with Crippen LogP contribution in [0.1, 0.15) is 11.6 Å². The predicted molar refractivity (Wildman–Crippen MR) is 112 cm³/mol. The van der Waals surface area contributed by atoms with Crippen LogP contribution >= 0.6 is 0 Å². The number of fused-ring (bicyclic) bond motifs is 1. The first kappa shape index (κ1) is 21.9. The number of anilines is 2. The predicted octanol–water partition coefficient (Wildman–Crippen LogP) is 4.78. The first-order chi connectivity index (χ1) is 16.2. The van der Waals surface area contributed by atoms with Crippen molar-refractivity contribution in [2.45, 2.75) is 18.5 Å². The van der Waals surface area contributed by atoms with E-state index in [4.69, 9.17) is 4.84 Å². The Hall–Kier alpha value is -3.92. The van der Waals surface area contributed by atoms with E-state index >= 15 is 0 Å². The molecule has 0 aliphatic carbocycles. The van der Waals surface area contributed by atoms with Gasteiger partial charge in [-0.2, -0.15) is 0 Å². The van der Waals surface area contributed by atoms with Gasteiger partial charge in [0.05, 0.1) is 17.4 Å². The minimum Gasteiger partial charge on any atom is -0.406 e. The third-order valence-corrected chi connectivity index (χ3v) is 5.67. The third-order valence-electron chi connectivity index (χ3n) is 5.67. The molecule has 0 bridgehead atoms. The fraction of sp³-hybridized carbons (Fsp3) is 0.167. The molecular weight excluding hydrogens is 456 g/mol. The van der Waals surface area contributed by atoms with Crippen molar-refractivity contribution in [1.29, 1.82) is 0 Å². The summed E-state index contributed by atoms with van der Waals surface area (Å²) in [6.45, 7) is 0. The number of benzene rings is 3. The van der Waals surface area contributed by atoms with Crippen LogP contribution in [0.5, 0.6) is 5.75 Å². The summed E-state index contributed by atoms with van der Waals surface area (Å²) in [6.07, 6.45) is -6.00. The first-order valence-corrected chi connectivity index (χ1v) is 10.2. The van der Waals surface area contributed by atoms with Crippen LogP contribution in [0.25, 0.3) is 0 Å². The summed E-state index contributed by atoms with van der Waals surface area (Å²) in [5.74, 6) is -3.08. The highest BCUT2D eigenvalue weighted by molar-refractivity contribution is 6.23. The van der Waals surface area contributed by atoms with Crippen LogP contribution < -0.4 is 14.7 Å². The molecule has 2 aliphatic rings. The molecule has 34 heavy (non-hydrogen) atoms. The summed E-state index contributed by atoms with van der Waals surface area (Å²) in [5, 5.41) is 1.42. The average molecular weight is 472 g/mol. The van der Waals surface area contributed by atoms with E-state index in [0.29, 0.717) is 11.3 Å². The second-order valence-electron chi connectivity index (χ2n) is 7.76. The molecule has 3 atom stereocenters. The monoisotopic (exact) mass is 472 g/mol. The average Bonchev–Trinajstić information content (AvgIpc) is 3.31. The van der Waals surface area contributed by atoms with Crippen LogP contribution in [-0.2, 0) is 14.4 Å². The van der Waals surface area contributed by atoms with Crippen molar-refractivity contribution >= 4 is 23.2 Å². The summed E-state index contributed by atoms with van der Waals surface area (Å²) in [6, 6.07) is 17.9. The van der Waals surface area contributed by atoms with Crippen molar-refractivity contribution < 1.29 is 36.7 Å². The number of ether oxygens (including phenoxy) is 1. The third kappa shape index (κ3) is 3.86. The molecule has 0 aromatic heterocycles. The van der Waals surface area contributed by atoms with Crippen molar-refractivity contribution in [1.82, 2.24) is 0 Å². The van der Waals surface area contributed by atoms with Crippen molar-refractivity contribution in [2.24, 2.45) is 5.92 Å². The van der Waals surface area contributed by atoms with E-state index in [1.54, 1.807) is 30.3 Å². The van der Waals surface area contributed by atoms with E-state index in [1.165, 1.54) is 29.3 Å². The van der Waals surface area contributed by atoms with Crippen LogP contribution in [0, 0.1) is 11.7 Å². The zero-order chi connectivity index (χ0) is 24.0. The van der Waals surface area contributed by atoms with Crippen LogP contribution in [-0.4, -0.2) is 24.3 Å². The number of nitrogens with zero attached hydrogens (tertiary/aromatic N) is 2. The zero-order valence-electron chi connectivity index (χ0n) is 17.3. The Labute approximate surface area is 190 Å². The molecular formula is C24H16F4N2O4. The molecule has 10 heteroatoms. The Morgan fingerprint density at radius 1 is 0.794 bits per heavy atom. The number of halogens is 4. The number of imide groups is 1. The highest BCUT2D eigenvalue weighted by Crippen LogP contribution is 2.47. The van der Waals surface area contributed by atoms with E-state index in [1.807, 2.05) is 0 Å². The Kier molecular flexibility index (Phi) is 5.24. The Morgan fingerprint density at radius 3 is 2.06 bits per heavy atom. The van der Waals surface area contributed by atoms with E-state index in [-0.39, 0.29) is 5.69 Å². The molecule has 0 spiro atoms. The summed E-state index contributed by atoms with van der Waals surface area (Å²) >= 11 is 0. The molecule has 0 N–H and O–H groups in total. The number of para-hydroxylation sites is 1. The molecule has 0 unspecified atom stereocenters. The molecule has 5 rings (SSSR count). The van der Waals surface area contributed by atoms with Gasteiger partial charge in [0.1, 0.15) is 17.5 Å². The van der Waals surface area contributed by atoms with E-state index in [0.717, 1.165) is 29.2 Å². The molecule has 0 radical (unpaired) electrons. The summed E-state index contributed by atoms with van der Waals surface area (Å²) in [7, 11) is 0. The van der Waals surface area contributed by atoms with Gasteiger partial charge in [-0.05, 0) is 54.1 Å². The zero-order valence-corrected chi connectivity index (χ0v) is 17.3. The maximum Gasteiger partial charge on any atom is 0.573 e. The summed E-state index contributed by atoms with van der Waals surface area (Å²) < 4.78 is 55.0. The molecule has 0 saturated carbocycles. The molecule has 2 saturated heterocycles. The number of hydrogen-bond donors (Lipinski definition) is 0. The molecule has 2 amide bonds. The molecule has 3 aromatic carbocycles. The Morgan fingerprint density at radius 2 is 1.44 bits per heavy atom. The van der Waals surface area contributed by atoms with Gasteiger partial charge in [0.25, 0.3) is 5.91 Å². The molecule has 2 aliphatic heterocycles. The molecule has 3 aromatic rings. The van der Waals surface area contributed by atoms with Gasteiger partial charge in [-0.25, -0.2) is 14.4 Å². The number of alkyl halides is 3. The smallest absolute Gasteiger partial charge is 0.406 e. The normalized spacial score (nSPS) is 22.3. The van der Waals surface area contributed by atoms with Crippen LogP contribution in [0.3, 0.4) is 0 Å². The second kappa shape index (κ2) is 8.14. The van der Waals surface area contributed by atoms with Gasteiger partial charge >= 0.3 is 6.36 Å². The van der Waals surface area contributed by atoms with Crippen LogP contribution in [0.15, 0.2) is 78.9 Å². The minimum atomic E-state index is -4.84. The number of carbonyl (C=O) groups is 2. The fourth-order valence-electron chi connectivity index (χ4n) is 4.26. The van der Waals surface area contributed by atoms with E-state index in [2.05, 4.69) is 4.74 Å². The lowest BCUT2D eigenvalue weighted by Gasteiger charge is -2.28. The molecule has 2 heterocycles. The first-order valence-electron chi connectivity index (χ1n) is 10.2. The van der Waals surface area contributed by atoms with Crippen molar-refractivity contribution in [3.05, 3.63) is 90.2 Å². The lowest BCUT2D eigenvalue weighted by atomic mass is 9.90. The lowest BCUT2D eigenvalue weighted by Crippen LogP contribution is -2.37. The standard InChI is InChI=1S/C24H16F4N2O4/c25-15-8-10-16(11-9-15)29-22(31)19-20(14-6-12-18(13-7-14)33-24(26,27)28)30(34-21(19)23(29)32)17-4-2-1-3-5-17/h1-13,19-21H/t19-,20+,21-/m0/s1. The lowest BCUT2D eigenvalue weighted by molar-refractivity contribution is -0.274. The fourth-order valence-corrected chi connectivity index (χ4v) is 4.26. The van der Waals surface area contributed by atoms with Gasteiger partial charge in [0.15, 0.2) is 6.10 Å².